The van der Waals surface area contributed by atoms with Crippen LogP contribution in [0.15, 0.2) is 58.4 Å². The molecule has 1 amide bonds. The van der Waals surface area contributed by atoms with Gasteiger partial charge < -0.3 is 15.5 Å². The SMILES string of the molecule is CN=C(NCCc1cccc(C(=O)NC)c1)N(C)Cc1ccc(SC)cc1.I. The minimum absolute atomic E-state index is 0. The first-order valence-electron chi connectivity index (χ1n) is 8.93. The van der Waals surface area contributed by atoms with Crippen molar-refractivity contribution in [2.24, 2.45) is 4.99 Å². The normalized spacial score (nSPS) is 10.8. The molecule has 152 valence electrons. The van der Waals surface area contributed by atoms with Crippen molar-refractivity contribution in [3.8, 4) is 0 Å². The lowest BCUT2D eigenvalue weighted by Crippen LogP contribution is -2.39. The molecule has 2 rings (SSSR count). The molecule has 0 aliphatic carbocycles. The van der Waals surface area contributed by atoms with E-state index in [9.17, 15) is 4.79 Å². The van der Waals surface area contributed by atoms with Crippen LogP contribution in [-0.4, -0.2) is 50.7 Å². The second kappa shape index (κ2) is 12.7. The number of hydrogen-bond donors (Lipinski definition) is 2. The van der Waals surface area contributed by atoms with Crippen molar-refractivity contribution < 1.29 is 4.79 Å². The van der Waals surface area contributed by atoms with Crippen LogP contribution in [0.2, 0.25) is 0 Å². The van der Waals surface area contributed by atoms with E-state index in [-0.39, 0.29) is 29.9 Å². The first kappa shape index (κ1) is 24.3. The van der Waals surface area contributed by atoms with Crippen LogP contribution in [0, 0.1) is 0 Å². The second-order valence-electron chi connectivity index (χ2n) is 6.21. The molecule has 2 aromatic carbocycles. The van der Waals surface area contributed by atoms with Gasteiger partial charge in [0.05, 0.1) is 0 Å². The number of nitrogens with zero attached hydrogens (tertiary/aromatic N) is 2. The topological polar surface area (TPSA) is 56.7 Å². The third-order valence-electron chi connectivity index (χ3n) is 4.27. The molecule has 0 fully saturated rings. The van der Waals surface area contributed by atoms with Crippen molar-refractivity contribution in [2.75, 3.05) is 33.9 Å². The number of carbonyl (C=O) groups is 1. The molecule has 2 N–H and O–H groups in total. The van der Waals surface area contributed by atoms with Crippen LogP contribution in [0.3, 0.4) is 0 Å². The highest BCUT2D eigenvalue weighted by atomic mass is 127. The molecule has 2 aromatic rings. The highest BCUT2D eigenvalue weighted by Crippen LogP contribution is 2.15. The van der Waals surface area contributed by atoms with Gasteiger partial charge in [-0.15, -0.1) is 35.7 Å². The Bertz CT molecular complexity index is 780. The summed E-state index contributed by atoms with van der Waals surface area (Å²) < 4.78 is 0. The van der Waals surface area contributed by atoms with E-state index >= 15 is 0 Å². The molecule has 0 saturated heterocycles. The number of nitrogens with one attached hydrogen (secondary N) is 2. The Labute approximate surface area is 189 Å². The summed E-state index contributed by atoms with van der Waals surface area (Å²) in [5.41, 5.74) is 3.05. The van der Waals surface area contributed by atoms with Crippen LogP contribution >= 0.6 is 35.7 Å². The first-order valence-corrected chi connectivity index (χ1v) is 10.2. The summed E-state index contributed by atoms with van der Waals surface area (Å²) in [7, 11) is 5.47. The van der Waals surface area contributed by atoms with Crippen LogP contribution < -0.4 is 10.6 Å². The van der Waals surface area contributed by atoms with Gasteiger partial charge in [0.2, 0.25) is 0 Å². The summed E-state index contributed by atoms with van der Waals surface area (Å²) in [6.45, 7) is 1.54. The summed E-state index contributed by atoms with van der Waals surface area (Å²) in [6.07, 6.45) is 2.90. The lowest BCUT2D eigenvalue weighted by Gasteiger charge is -2.22. The molecule has 0 atom stereocenters. The third kappa shape index (κ3) is 7.35. The summed E-state index contributed by atoms with van der Waals surface area (Å²) >= 11 is 1.75. The van der Waals surface area contributed by atoms with E-state index in [1.54, 1.807) is 25.9 Å². The van der Waals surface area contributed by atoms with E-state index in [4.69, 9.17) is 0 Å². The molecule has 0 heterocycles. The predicted octanol–water partition coefficient (Wildman–Crippen LogP) is 3.64. The Kier molecular flexibility index (Phi) is 11.0. The van der Waals surface area contributed by atoms with Crippen molar-refractivity contribution in [2.45, 2.75) is 17.9 Å². The standard InChI is InChI=1S/C21H28N4OS.HI/c1-22-20(26)18-7-5-6-16(14-18)12-13-24-21(23-2)25(3)15-17-8-10-19(27-4)11-9-17;/h5-11,14H,12-13,15H2,1-4H3,(H,22,26)(H,23,24);1H. The zero-order chi connectivity index (χ0) is 19.6. The average molecular weight is 512 g/mol. The number of guanidine groups is 1. The zero-order valence-electron chi connectivity index (χ0n) is 16.9. The fraction of sp³-hybridized carbons (Fsp3) is 0.333. The first-order chi connectivity index (χ1) is 13.1. The number of thioether (sulfide) groups is 1. The van der Waals surface area contributed by atoms with E-state index in [0.29, 0.717) is 5.56 Å². The van der Waals surface area contributed by atoms with Gasteiger partial charge >= 0.3 is 0 Å². The number of carbonyl (C=O) groups excluding carboxylic acids is 1. The molecule has 28 heavy (non-hydrogen) atoms. The molecule has 5 nitrogen and oxygen atoms in total. The monoisotopic (exact) mass is 512 g/mol. The fourth-order valence-electron chi connectivity index (χ4n) is 2.80. The van der Waals surface area contributed by atoms with Crippen molar-refractivity contribution in [1.82, 2.24) is 15.5 Å². The van der Waals surface area contributed by atoms with Crippen LogP contribution in [0.1, 0.15) is 21.5 Å². The Hall–Kier alpha value is -1.74. The molecule has 0 spiro atoms. The average Bonchev–Trinajstić information content (AvgIpc) is 2.71. The Morgan fingerprint density at radius 3 is 2.46 bits per heavy atom. The highest BCUT2D eigenvalue weighted by molar-refractivity contribution is 14.0. The molecule has 0 radical (unpaired) electrons. The molecule has 0 aromatic heterocycles. The largest absolute Gasteiger partial charge is 0.356 e. The number of amides is 1. The van der Waals surface area contributed by atoms with Gasteiger partial charge in [0.1, 0.15) is 0 Å². The molecule has 0 saturated carbocycles. The Morgan fingerprint density at radius 1 is 1.14 bits per heavy atom. The van der Waals surface area contributed by atoms with Crippen LogP contribution in [-0.2, 0) is 13.0 Å². The van der Waals surface area contributed by atoms with Gasteiger partial charge in [-0.25, -0.2) is 0 Å². The van der Waals surface area contributed by atoms with Gasteiger partial charge in [0.25, 0.3) is 5.91 Å². The summed E-state index contributed by atoms with van der Waals surface area (Å²) in [4.78, 5) is 19.5. The maximum absolute atomic E-state index is 11.7. The second-order valence-corrected chi connectivity index (χ2v) is 7.09. The van der Waals surface area contributed by atoms with Crippen LogP contribution in [0.5, 0.6) is 0 Å². The smallest absolute Gasteiger partial charge is 0.251 e. The van der Waals surface area contributed by atoms with Crippen LogP contribution in [0.4, 0.5) is 0 Å². The summed E-state index contributed by atoms with van der Waals surface area (Å²) in [5.74, 6) is 0.791. The highest BCUT2D eigenvalue weighted by Gasteiger charge is 2.07. The van der Waals surface area contributed by atoms with Gasteiger partial charge in [0.15, 0.2) is 5.96 Å². The van der Waals surface area contributed by atoms with Crippen LogP contribution in [0.25, 0.3) is 0 Å². The predicted molar refractivity (Wildman–Crippen MR) is 130 cm³/mol. The van der Waals surface area contributed by atoms with Gasteiger partial charge in [-0.3, -0.25) is 9.79 Å². The Balaban J connectivity index is 0.00000392. The van der Waals surface area contributed by atoms with Gasteiger partial charge in [-0.05, 0) is 48.1 Å². The van der Waals surface area contributed by atoms with E-state index < -0.39 is 0 Å². The van der Waals surface area contributed by atoms with Gasteiger partial charge in [-0.1, -0.05) is 24.3 Å². The molecular weight excluding hydrogens is 483 g/mol. The molecule has 7 heteroatoms. The number of rotatable bonds is 7. The third-order valence-corrected chi connectivity index (χ3v) is 5.01. The van der Waals surface area contributed by atoms with E-state index in [2.05, 4.69) is 51.0 Å². The lowest BCUT2D eigenvalue weighted by atomic mass is 10.1. The minimum Gasteiger partial charge on any atom is -0.356 e. The van der Waals surface area contributed by atoms with Gasteiger partial charge in [-0.2, -0.15) is 0 Å². The molecular formula is C21H29IN4OS. The summed E-state index contributed by atoms with van der Waals surface area (Å²) in [6, 6.07) is 16.3. The number of hydrogen-bond acceptors (Lipinski definition) is 3. The van der Waals surface area contributed by atoms with E-state index in [0.717, 1.165) is 31.0 Å². The maximum Gasteiger partial charge on any atom is 0.251 e. The number of benzene rings is 2. The quantitative estimate of drug-likeness (QED) is 0.258. The van der Waals surface area contributed by atoms with Crippen molar-refractivity contribution in [1.29, 1.82) is 0 Å². The number of halogens is 1. The van der Waals surface area contributed by atoms with E-state index in [1.165, 1.54) is 10.5 Å². The minimum atomic E-state index is -0.0622. The maximum atomic E-state index is 11.7. The van der Waals surface area contributed by atoms with Crippen molar-refractivity contribution in [3.63, 3.8) is 0 Å². The zero-order valence-corrected chi connectivity index (χ0v) is 20.0. The molecule has 0 unspecified atom stereocenters. The lowest BCUT2D eigenvalue weighted by molar-refractivity contribution is 0.0963. The van der Waals surface area contributed by atoms with Gasteiger partial charge in [0, 0.05) is 44.7 Å². The van der Waals surface area contributed by atoms with Crippen molar-refractivity contribution >= 4 is 47.6 Å². The van der Waals surface area contributed by atoms with E-state index in [1.807, 2.05) is 31.3 Å². The number of aliphatic imine (C=N–C) groups is 1. The Morgan fingerprint density at radius 2 is 1.86 bits per heavy atom. The fourth-order valence-corrected chi connectivity index (χ4v) is 3.20. The summed E-state index contributed by atoms with van der Waals surface area (Å²) in [5, 5.41) is 6.05. The molecule has 0 bridgehead atoms. The van der Waals surface area contributed by atoms with Crippen molar-refractivity contribution in [3.05, 3.63) is 65.2 Å². The molecule has 0 aliphatic rings. The molecule has 0 aliphatic heterocycles.